The molecule has 0 fully saturated rings. The number of anilines is 6. The van der Waals surface area contributed by atoms with E-state index in [0.717, 1.165) is 49.9 Å². The summed E-state index contributed by atoms with van der Waals surface area (Å²) in [5, 5.41) is 1.22. The van der Waals surface area contributed by atoms with Gasteiger partial charge in [-0.25, -0.2) is 0 Å². The second kappa shape index (κ2) is 16.6. The van der Waals surface area contributed by atoms with Gasteiger partial charge in [-0.3, -0.25) is 0 Å². The van der Waals surface area contributed by atoms with E-state index in [4.69, 9.17) is 4.42 Å². The number of nitrogens with zero attached hydrogens (tertiary/aromatic N) is 2. The quantitative estimate of drug-likeness (QED) is 0.171. The highest BCUT2D eigenvalue weighted by Crippen LogP contribution is 2.63. The van der Waals surface area contributed by atoms with E-state index in [-0.39, 0.29) is 43.8 Å². The van der Waals surface area contributed by atoms with Crippen LogP contribution in [0.15, 0.2) is 138 Å². The molecule has 1 unspecified atom stereocenters. The maximum Gasteiger partial charge on any atom is 0.137 e. The molecule has 0 N–H and O–H groups in total. The third-order valence-electron chi connectivity index (χ3n) is 20.7. The van der Waals surface area contributed by atoms with Crippen LogP contribution in [0.25, 0.3) is 22.1 Å². The summed E-state index contributed by atoms with van der Waals surface area (Å²) in [6.45, 7) is 36.7. The minimum atomic E-state index is -0.259. The summed E-state index contributed by atoms with van der Waals surface area (Å²) in [4.78, 5) is 5.41. The van der Waals surface area contributed by atoms with Crippen LogP contribution >= 0.6 is 0 Å². The highest BCUT2D eigenvalue weighted by Gasteiger charge is 2.47. The summed E-state index contributed by atoms with van der Waals surface area (Å²) in [6, 6.07) is 52.7. The zero-order chi connectivity index (χ0) is 54.1. The second-order valence-electron chi connectivity index (χ2n) is 29.0. The van der Waals surface area contributed by atoms with Crippen molar-refractivity contribution in [2.75, 3.05) is 9.80 Å². The monoisotopic (exact) mass is 1010 g/mol. The van der Waals surface area contributed by atoms with E-state index in [1.165, 1.54) is 118 Å². The molecule has 0 radical (unpaired) electrons. The van der Waals surface area contributed by atoms with Gasteiger partial charge in [-0.1, -0.05) is 176 Å². The lowest BCUT2D eigenvalue weighted by Gasteiger charge is -2.44. The lowest BCUT2D eigenvalue weighted by atomic mass is 9.62. The third-order valence-corrected chi connectivity index (χ3v) is 20.7. The predicted octanol–water partition coefficient (Wildman–Crippen LogP) is 20.7. The van der Waals surface area contributed by atoms with Crippen molar-refractivity contribution < 1.29 is 4.42 Å². The number of hydrogen-bond donors (Lipinski definition) is 0. The van der Waals surface area contributed by atoms with Crippen molar-refractivity contribution in [2.24, 2.45) is 0 Å². The molecule has 2 aliphatic heterocycles. The summed E-state index contributed by atoms with van der Waals surface area (Å²) < 4.78 is 7.74. The van der Waals surface area contributed by atoms with Crippen molar-refractivity contribution >= 4 is 45.1 Å². The molecule has 1 aromatic heterocycles. The SMILES string of the molecule is Cc1cc2c3c(c1)N(c1ccc4c(c1)C(C)(C)CCC4(C)C)c1c(oc4cc5c(cc14)C(C)(C)CCC5(C)C)C3Cc1ccc(C(C)(C)c3ccccc3)cc1N2c1cc2c(cc1-c1ccccc1)C(C)(C)CCC2(C)C. The average molecular weight is 1020 g/mol. The zero-order valence-corrected chi connectivity index (χ0v) is 49.0. The normalized spacial score (nSPS) is 20.7. The van der Waals surface area contributed by atoms with E-state index in [1.807, 2.05) is 0 Å². The molecule has 3 heterocycles. The molecule has 13 rings (SSSR count). The Morgan fingerprint density at radius 2 is 0.974 bits per heavy atom. The Labute approximate surface area is 461 Å². The molecule has 3 heteroatoms. The van der Waals surface area contributed by atoms with E-state index in [0.29, 0.717) is 0 Å². The van der Waals surface area contributed by atoms with Crippen LogP contribution in [0.1, 0.15) is 208 Å². The van der Waals surface area contributed by atoms with Gasteiger partial charge in [0, 0.05) is 33.3 Å². The van der Waals surface area contributed by atoms with Crippen LogP contribution in [0, 0.1) is 6.92 Å². The first-order valence-electron chi connectivity index (χ1n) is 29.2. The number of benzene rings is 7. The molecule has 77 heavy (non-hydrogen) atoms. The van der Waals surface area contributed by atoms with Gasteiger partial charge in [0.2, 0.25) is 0 Å². The summed E-state index contributed by atoms with van der Waals surface area (Å²) in [5.41, 5.74) is 26.2. The molecular formula is C74H82N2O. The minimum absolute atomic E-state index is 0.00766. The van der Waals surface area contributed by atoms with Gasteiger partial charge in [-0.05, 0) is 200 Å². The van der Waals surface area contributed by atoms with E-state index < -0.39 is 0 Å². The second-order valence-corrected chi connectivity index (χ2v) is 29.0. The summed E-state index contributed by atoms with van der Waals surface area (Å²) in [6.07, 6.45) is 7.74. The van der Waals surface area contributed by atoms with Gasteiger partial charge in [0.1, 0.15) is 11.3 Å². The Kier molecular flexibility index (Phi) is 10.8. The van der Waals surface area contributed by atoms with Crippen LogP contribution in [0.3, 0.4) is 0 Å². The Hall–Kier alpha value is -6.32. The lowest BCUT2D eigenvalue weighted by Crippen LogP contribution is -2.34. The fraction of sp³-hybridized carbons (Fsp3) is 0.405. The van der Waals surface area contributed by atoms with Crippen LogP contribution in [0.4, 0.5) is 34.1 Å². The zero-order valence-electron chi connectivity index (χ0n) is 49.0. The van der Waals surface area contributed by atoms with Gasteiger partial charge in [0.05, 0.1) is 28.7 Å². The maximum absolute atomic E-state index is 7.74. The molecule has 0 saturated heterocycles. The molecule has 0 amide bonds. The summed E-state index contributed by atoms with van der Waals surface area (Å²) in [7, 11) is 0. The fourth-order valence-corrected chi connectivity index (χ4v) is 15.1. The summed E-state index contributed by atoms with van der Waals surface area (Å²) in [5.74, 6) is 1.01. The molecule has 0 bridgehead atoms. The molecule has 1 atom stereocenters. The fourth-order valence-electron chi connectivity index (χ4n) is 15.1. The smallest absolute Gasteiger partial charge is 0.137 e. The topological polar surface area (TPSA) is 19.6 Å². The number of hydrogen-bond acceptors (Lipinski definition) is 3. The Morgan fingerprint density at radius 3 is 1.58 bits per heavy atom. The van der Waals surface area contributed by atoms with E-state index >= 15 is 0 Å². The van der Waals surface area contributed by atoms with E-state index in [2.05, 4.69) is 247 Å². The van der Waals surface area contributed by atoms with Crippen molar-refractivity contribution in [1.29, 1.82) is 0 Å². The molecule has 3 nitrogen and oxygen atoms in total. The molecular weight excluding hydrogens is 933 g/mol. The highest BCUT2D eigenvalue weighted by atomic mass is 16.3. The van der Waals surface area contributed by atoms with E-state index in [1.54, 1.807) is 0 Å². The Bertz CT molecular complexity index is 3720. The van der Waals surface area contributed by atoms with Crippen LogP contribution in [-0.4, -0.2) is 0 Å². The average Bonchev–Trinajstić information content (AvgIpc) is 3.86. The largest absolute Gasteiger partial charge is 0.458 e. The van der Waals surface area contributed by atoms with Gasteiger partial charge in [0.15, 0.2) is 0 Å². The molecule has 8 aromatic rings. The summed E-state index contributed by atoms with van der Waals surface area (Å²) >= 11 is 0. The van der Waals surface area contributed by atoms with Gasteiger partial charge in [-0.2, -0.15) is 0 Å². The molecule has 0 spiro atoms. The Morgan fingerprint density at radius 1 is 0.455 bits per heavy atom. The van der Waals surface area contributed by atoms with Gasteiger partial charge >= 0.3 is 0 Å². The van der Waals surface area contributed by atoms with Crippen molar-refractivity contribution in [3.05, 3.63) is 200 Å². The minimum Gasteiger partial charge on any atom is -0.458 e. The van der Waals surface area contributed by atoms with Crippen LogP contribution in [-0.2, 0) is 44.3 Å². The first-order valence-corrected chi connectivity index (χ1v) is 29.2. The molecule has 3 aliphatic carbocycles. The van der Waals surface area contributed by atoms with Gasteiger partial charge in [-0.15, -0.1) is 0 Å². The van der Waals surface area contributed by atoms with Crippen molar-refractivity contribution in [3.8, 4) is 11.1 Å². The molecule has 0 saturated carbocycles. The van der Waals surface area contributed by atoms with Gasteiger partial charge in [0.25, 0.3) is 0 Å². The maximum atomic E-state index is 7.74. The van der Waals surface area contributed by atoms with Crippen molar-refractivity contribution in [1.82, 2.24) is 0 Å². The van der Waals surface area contributed by atoms with Crippen molar-refractivity contribution in [3.63, 3.8) is 0 Å². The number of furan rings is 1. The predicted molar refractivity (Wildman–Crippen MR) is 326 cm³/mol. The third kappa shape index (κ3) is 7.62. The van der Waals surface area contributed by atoms with Gasteiger partial charge < -0.3 is 14.2 Å². The number of fused-ring (bicyclic) bond motifs is 8. The Balaban J connectivity index is 1.16. The van der Waals surface area contributed by atoms with E-state index in [9.17, 15) is 0 Å². The molecule has 7 aromatic carbocycles. The van der Waals surface area contributed by atoms with Crippen LogP contribution < -0.4 is 9.80 Å². The van der Waals surface area contributed by atoms with Crippen LogP contribution in [0.2, 0.25) is 0 Å². The first-order chi connectivity index (χ1) is 36.3. The molecule has 5 aliphatic rings. The standard InChI is InChI=1S/C74H82N2O/c1-45-36-62-65-53(67-66(52-42-57-59(44-64(52)77-67)73(12,13)35-33-71(57,8)9)75(62)50-28-29-54-55(40-50)69(4,5)31-30-68(54,2)3)38-47-26-27-49(74(14,15)48-24-20-17-21-25-48)39-60(47)76(63(65)37-45)61-43-58-56(70(6,7)32-34-72(58,10)11)41-51(61)46-22-18-16-19-23-46/h16-29,36-37,39-44,53H,30-35,38H2,1-15H3. The van der Waals surface area contributed by atoms with Crippen LogP contribution in [0.5, 0.6) is 0 Å². The number of aryl methyl sites for hydroxylation is 1. The molecule has 394 valence electrons. The highest BCUT2D eigenvalue weighted by molar-refractivity contribution is 6.04. The number of rotatable bonds is 5. The van der Waals surface area contributed by atoms with Crippen molar-refractivity contribution in [2.45, 2.75) is 193 Å². The first kappa shape index (κ1) is 50.2. The lowest BCUT2D eigenvalue weighted by molar-refractivity contribution is 0.332.